The molecule has 1 aliphatic rings. The van der Waals surface area contributed by atoms with E-state index in [4.69, 9.17) is 17.3 Å². The van der Waals surface area contributed by atoms with Gasteiger partial charge in [0, 0.05) is 19.1 Å². The van der Waals surface area contributed by atoms with Gasteiger partial charge in [-0.15, -0.1) is 12.4 Å². The molecule has 0 spiro atoms. The van der Waals surface area contributed by atoms with Crippen LogP contribution in [0.2, 0.25) is 5.02 Å². The van der Waals surface area contributed by atoms with Gasteiger partial charge in [-0.25, -0.2) is 12.8 Å². The first kappa shape index (κ1) is 18.6. The molecule has 2 N–H and O–H groups in total. The minimum Gasteiger partial charge on any atom is -0.328 e. The van der Waals surface area contributed by atoms with Crippen LogP contribution in [0.3, 0.4) is 0 Å². The molecule has 1 saturated heterocycles. The standard InChI is InChI=1S/C13H18ClFN2O2S.ClH/c1-9(16)10-3-2-6-17(8-10)20(18,19)13-7-11(15)4-5-12(13)14;/h4-5,7,9-10H,2-3,6,8,16H2,1H3;1H. The van der Waals surface area contributed by atoms with Crippen LogP contribution in [0, 0.1) is 11.7 Å². The van der Waals surface area contributed by atoms with E-state index < -0.39 is 15.8 Å². The Hall–Kier alpha value is -0.400. The molecule has 0 aromatic heterocycles. The molecular formula is C13H19Cl2FN2O2S. The van der Waals surface area contributed by atoms with Crippen molar-refractivity contribution in [3.05, 3.63) is 29.0 Å². The smallest absolute Gasteiger partial charge is 0.244 e. The highest BCUT2D eigenvalue weighted by molar-refractivity contribution is 7.89. The SMILES string of the molecule is CC(N)C1CCCN(S(=O)(=O)c2cc(F)ccc2Cl)C1.Cl. The summed E-state index contributed by atoms with van der Waals surface area (Å²) in [6.45, 7) is 2.64. The van der Waals surface area contributed by atoms with Crippen molar-refractivity contribution in [1.29, 1.82) is 0 Å². The summed E-state index contributed by atoms with van der Waals surface area (Å²) in [6.07, 6.45) is 1.65. The van der Waals surface area contributed by atoms with E-state index in [0.717, 1.165) is 25.0 Å². The van der Waals surface area contributed by atoms with Gasteiger partial charge in [-0.2, -0.15) is 4.31 Å². The number of benzene rings is 1. The Morgan fingerprint density at radius 3 is 2.76 bits per heavy atom. The topological polar surface area (TPSA) is 63.4 Å². The van der Waals surface area contributed by atoms with Gasteiger partial charge in [0.25, 0.3) is 0 Å². The number of hydrogen-bond donors (Lipinski definition) is 1. The number of piperidine rings is 1. The molecule has 0 aliphatic carbocycles. The molecule has 1 heterocycles. The van der Waals surface area contributed by atoms with Crippen LogP contribution >= 0.6 is 24.0 Å². The fraction of sp³-hybridized carbons (Fsp3) is 0.538. The molecule has 2 rings (SSSR count). The van der Waals surface area contributed by atoms with E-state index in [1.54, 1.807) is 0 Å². The normalized spacial score (nSPS) is 21.6. The number of nitrogens with zero attached hydrogens (tertiary/aromatic N) is 1. The molecule has 1 aliphatic heterocycles. The van der Waals surface area contributed by atoms with Gasteiger partial charge in [-0.05, 0) is 43.9 Å². The van der Waals surface area contributed by atoms with Crippen molar-refractivity contribution in [2.45, 2.75) is 30.7 Å². The third-order valence-electron chi connectivity index (χ3n) is 3.68. The van der Waals surface area contributed by atoms with Crippen LogP contribution in [0.15, 0.2) is 23.1 Å². The Bertz CT molecular complexity index is 596. The van der Waals surface area contributed by atoms with Crippen molar-refractivity contribution in [3.63, 3.8) is 0 Å². The maximum Gasteiger partial charge on any atom is 0.244 e. The molecule has 1 aromatic carbocycles. The van der Waals surface area contributed by atoms with Crippen molar-refractivity contribution >= 4 is 34.0 Å². The second-order valence-electron chi connectivity index (χ2n) is 5.20. The zero-order valence-corrected chi connectivity index (χ0v) is 14.0. The molecule has 0 saturated carbocycles. The van der Waals surface area contributed by atoms with Crippen LogP contribution in [0.4, 0.5) is 4.39 Å². The Balaban J connectivity index is 0.00000220. The first-order valence-corrected chi connectivity index (χ1v) is 8.35. The minimum absolute atomic E-state index is 0. The minimum atomic E-state index is -3.78. The van der Waals surface area contributed by atoms with E-state index in [-0.39, 0.29) is 34.3 Å². The molecule has 0 radical (unpaired) electrons. The predicted molar refractivity (Wildman–Crippen MR) is 83.8 cm³/mol. The largest absolute Gasteiger partial charge is 0.328 e. The van der Waals surface area contributed by atoms with E-state index in [2.05, 4.69) is 0 Å². The van der Waals surface area contributed by atoms with Crippen LogP contribution in [0.1, 0.15) is 19.8 Å². The summed E-state index contributed by atoms with van der Waals surface area (Å²) in [5.74, 6) is -0.500. The van der Waals surface area contributed by atoms with Crippen molar-refractivity contribution in [2.75, 3.05) is 13.1 Å². The lowest BCUT2D eigenvalue weighted by atomic mass is 9.93. The highest BCUT2D eigenvalue weighted by Gasteiger charge is 2.32. The van der Waals surface area contributed by atoms with E-state index in [1.807, 2.05) is 6.92 Å². The molecule has 1 fully saturated rings. The third kappa shape index (κ3) is 4.07. The van der Waals surface area contributed by atoms with Gasteiger partial charge in [-0.3, -0.25) is 0 Å². The summed E-state index contributed by atoms with van der Waals surface area (Å²) in [5.41, 5.74) is 5.86. The van der Waals surface area contributed by atoms with Gasteiger partial charge in [0.15, 0.2) is 0 Å². The van der Waals surface area contributed by atoms with Crippen LogP contribution in [0.5, 0.6) is 0 Å². The maximum atomic E-state index is 13.3. The first-order chi connectivity index (χ1) is 9.32. The summed E-state index contributed by atoms with van der Waals surface area (Å²) in [5, 5.41) is 0.0364. The maximum absolute atomic E-state index is 13.3. The zero-order chi connectivity index (χ0) is 14.9. The highest BCUT2D eigenvalue weighted by Crippen LogP contribution is 2.29. The lowest BCUT2D eigenvalue weighted by molar-refractivity contribution is 0.243. The summed E-state index contributed by atoms with van der Waals surface area (Å²) >= 11 is 5.90. The van der Waals surface area contributed by atoms with Gasteiger partial charge >= 0.3 is 0 Å². The average molecular weight is 357 g/mol. The first-order valence-electron chi connectivity index (χ1n) is 6.53. The molecule has 2 unspecified atom stereocenters. The second-order valence-corrected chi connectivity index (χ2v) is 7.51. The molecule has 0 bridgehead atoms. The predicted octanol–water partition coefficient (Wildman–Crippen LogP) is 2.65. The van der Waals surface area contributed by atoms with Crippen molar-refractivity contribution < 1.29 is 12.8 Å². The molecule has 8 heteroatoms. The van der Waals surface area contributed by atoms with Gasteiger partial charge in [0.05, 0.1) is 5.02 Å². The Kier molecular flexibility index (Phi) is 6.43. The van der Waals surface area contributed by atoms with Crippen LogP contribution < -0.4 is 5.73 Å². The summed E-state index contributed by atoms with van der Waals surface area (Å²) in [4.78, 5) is -0.176. The second kappa shape index (κ2) is 7.24. The number of hydrogen-bond acceptors (Lipinski definition) is 3. The third-order valence-corrected chi connectivity index (χ3v) is 6.02. The Labute approximate surface area is 135 Å². The lowest BCUT2D eigenvalue weighted by Gasteiger charge is -2.33. The molecule has 0 amide bonds. The van der Waals surface area contributed by atoms with Crippen molar-refractivity contribution in [2.24, 2.45) is 11.7 Å². The molecule has 2 atom stereocenters. The summed E-state index contributed by atoms with van der Waals surface area (Å²) in [7, 11) is -3.78. The van der Waals surface area contributed by atoms with Crippen LogP contribution in [-0.4, -0.2) is 31.9 Å². The Morgan fingerprint density at radius 1 is 1.48 bits per heavy atom. The van der Waals surface area contributed by atoms with Gasteiger partial charge in [-0.1, -0.05) is 11.6 Å². The quantitative estimate of drug-likeness (QED) is 0.905. The fourth-order valence-electron chi connectivity index (χ4n) is 2.44. The Morgan fingerprint density at radius 2 is 2.14 bits per heavy atom. The number of rotatable bonds is 3. The number of halogens is 3. The summed E-state index contributed by atoms with van der Waals surface area (Å²) < 4.78 is 39.8. The molecule has 1 aromatic rings. The van der Waals surface area contributed by atoms with Gasteiger partial charge in [0.2, 0.25) is 10.0 Å². The average Bonchev–Trinajstić information content (AvgIpc) is 2.41. The van der Waals surface area contributed by atoms with E-state index in [1.165, 1.54) is 10.4 Å². The molecule has 21 heavy (non-hydrogen) atoms. The van der Waals surface area contributed by atoms with Crippen LogP contribution in [-0.2, 0) is 10.0 Å². The van der Waals surface area contributed by atoms with Crippen molar-refractivity contribution in [1.82, 2.24) is 4.31 Å². The van der Waals surface area contributed by atoms with E-state index in [0.29, 0.717) is 13.1 Å². The number of sulfonamides is 1. The monoisotopic (exact) mass is 356 g/mol. The van der Waals surface area contributed by atoms with Gasteiger partial charge < -0.3 is 5.73 Å². The van der Waals surface area contributed by atoms with Crippen molar-refractivity contribution in [3.8, 4) is 0 Å². The van der Waals surface area contributed by atoms with E-state index in [9.17, 15) is 12.8 Å². The number of nitrogens with two attached hydrogens (primary N) is 1. The molecular weight excluding hydrogens is 338 g/mol. The summed E-state index contributed by atoms with van der Waals surface area (Å²) in [6, 6.07) is 3.29. The highest BCUT2D eigenvalue weighted by atomic mass is 35.5. The lowest BCUT2D eigenvalue weighted by Crippen LogP contribution is -2.45. The zero-order valence-electron chi connectivity index (χ0n) is 11.6. The van der Waals surface area contributed by atoms with Crippen LogP contribution in [0.25, 0.3) is 0 Å². The molecule has 120 valence electrons. The van der Waals surface area contributed by atoms with Gasteiger partial charge in [0.1, 0.15) is 10.7 Å². The van der Waals surface area contributed by atoms with E-state index >= 15 is 0 Å². The molecule has 4 nitrogen and oxygen atoms in total. The fourth-order valence-corrected chi connectivity index (χ4v) is 4.46.